The predicted octanol–water partition coefficient (Wildman–Crippen LogP) is 1.12. The fraction of sp³-hybridized carbons (Fsp3) is 0.571. The van der Waals surface area contributed by atoms with Crippen molar-refractivity contribution >= 4 is 9.84 Å². The van der Waals surface area contributed by atoms with Crippen molar-refractivity contribution in [3.63, 3.8) is 0 Å². The SMILES string of the molecule is O=S1(=O)CCC(NCc2ccc3c(c2)OCCO3)CC1. The van der Waals surface area contributed by atoms with Gasteiger partial charge in [-0.1, -0.05) is 6.07 Å². The molecule has 0 aromatic heterocycles. The summed E-state index contributed by atoms with van der Waals surface area (Å²) in [5.41, 5.74) is 1.13. The zero-order valence-corrected chi connectivity index (χ0v) is 12.1. The molecule has 5 nitrogen and oxygen atoms in total. The molecule has 1 aromatic rings. The van der Waals surface area contributed by atoms with Crippen LogP contribution in [0.3, 0.4) is 0 Å². The lowest BCUT2D eigenvalue weighted by Crippen LogP contribution is -2.37. The number of rotatable bonds is 3. The topological polar surface area (TPSA) is 64.6 Å². The van der Waals surface area contributed by atoms with E-state index in [0.29, 0.717) is 37.6 Å². The molecule has 6 heteroatoms. The van der Waals surface area contributed by atoms with E-state index < -0.39 is 9.84 Å². The monoisotopic (exact) mass is 297 g/mol. The van der Waals surface area contributed by atoms with Crippen molar-refractivity contribution in [1.82, 2.24) is 5.32 Å². The Morgan fingerprint density at radius 1 is 1.10 bits per heavy atom. The maximum absolute atomic E-state index is 11.4. The van der Waals surface area contributed by atoms with Gasteiger partial charge in [0.1, 0.15) is 23.1 Å². The van der Waals surface area contributed by atoms with Gasteiger partial charge in [0.25, 0.3) is 0 Å². The average Bonchev–Trinajstić information content (AvgIpc) is 2.46. The second kappa shape index (κ2) is 5.61. The van der Waals surface area contributed by atoms with Gasteiger partial charge < -0.3 is 14.8 Å². The van der Waals surface area contributed by atoms with Crippen LogP contribution in [-0.4, -0.2) is 39.2 Å². The molecule has 1 aromatic carbocycles. The van der Waals surface area contributed by atoms with Crippen LogP contribution in [0.25, 0.3) is 0 Å². The molecule has 0 amide bonds. The van der Waals surface area contributed by atoms with E-state index in [0.717, 1.165) is 23.6 Å². The Morgan fingerprint density at radius 2 is 1.80 bits per heavy atom. The second-order valence-electron chi connectivity index (χ2n) is 5.29. The quantitative estimate of drug-likeness (QED) is 0.906. The number of fused-ring (bicyclic) bond motifs is 1. The Balaban J connectivity index is 1.56. The van der Waals surface area contributed by atoms with Crippen LogP contribution in [0.15, 0.2) is 18.2 Å². The number of benzene rings is 1. The molecule has 2 aliphatic heterocycles. The highest BCUT2D eigenvalue weighted by Gasteiger charge is 2.23. The van der Waals surface area contributed by atoms with Crippen LogP contribution in [0.5, 0.6) is 11.5 Å². The Hall–Kier alpha value is -1.27. The Labute approximate surface area is 119 Å². The Bertz CT molecular complexity index is 571. The molecule has 0 spiro atoms. The third kappa shape index (κ3) is 3.24. The molecule has 110 valence electrons. The van der Waals surface area contributed by atoms with Crippen molar-refractivity contribution in [2.24, 2.45) is 0 Å². The summed E-state index contributed by atoms with van der Waals surface area (Å²) in [7, 11) is -2.79. The first-order valence-electron chi connectivity index (χ1n) is 6.95. The lowest BCUT2D eigenvalue weighted by atomic mass is 10.1. The molecule has 0 unspecified atom stereocenters. The van der Waals surface area contributed by atoms with Crippen LogP contribution in [0.2, 0.25) is 0 Å². The van der Waals surface area contributed by atoms with Gasteiger partial charge in [-0.3, -0.25) is 0 Å². The molecular formula is C14H19NO4S. The molecule has 0 radical (unpaired) electrons. The van der Waals surface area contributed by atoms with Crippen molar-refractivity contribution in [2.45, 2.75) is 25.4 Å². The van der Waals surface area contributed by atoms with Gasteiger partial charge >= 0.3 is 0 Å². The highest BCUT2D eigenvalue weighted by atomic mass is 32.2. The molecule has 1 fully saturated rings. The molecule has 2 aliphatic rings. The Kier molecular flexibility index (Phi) is 3.85. The Morgan fingerprint density at radius 3 is 2.55 bits per heavy atom. The maximum atomic E-state index is 11.4. The normalized spacial score (nSPS) is 21.6. The van der Waals surface area contributed by atoms with Crippen molar-refractivity contribution in [3.05, 3.63) is 23.8 Å². The average molecular weight is 297 g/mol. The highest BCUT2D eigenvalue weighted by Crippen LogP contribution is 2.30. The van der Waals surface area contributed by atoms with Crippen molar-refractivity contribution in [2.75, 3.05) is 24.7 Å². The molecule has 1 N–H and O–H groups in total. The molecule has 3 rings (SSSR count). The zero-order valence-electron chi connectivity index (χ0n) is 11.3. The minimum Gasteiger partial charge on any atom is -0.486 e. The summed E-state index contributed by atoms with van der Waals surface area (Å²) in [5, 5.41) is 3.42. The van der Waals surface area contributed by atoms with Gasteiger partial charge in [-0.2, -0.15) is 0 Å². The third-order valence-electron chi connectivity index (χ3n) is 3.76. The van der Waals surface area contributed by atoms with Crippen LogP contribution >= 0.6 is 0 Å². The molecule has 2 heterocycles. The van der Waals surface area contributed by atoms with Crippen LogP contribution in [-0.2, 0) is 16.4 Å². The zero-order chi connectivity index (χ0) is 14.0. The number of hydrogen-bond donors (Lipinski definition) is 1. The van der Waals surface area contributed by atoms with Gasteiger partial charge in [-0.15, -0.1) is 0 Å². The minimum absolute atomic E-state index is 0.284. The first kappa shape index (κ1) is 13.7. The van der Waals surface area contributed by atoms with Gasteiger partial charge in [0.15, 0.2) is 11.5 Å². The fourth-order valence-electron chi connectivity index (χ4n) is 2.55. The number of nitrogens with one attached hydrogen (secondary N) is 1. The molecule has 1 saturated heterocycles. The first-order chi connectivity index (χ1) is 9.62. The van der Waals surface area contributed by atoms with Crippen LogP contribution in [0.1, 0.15) is 18.4 Å². The van der Waals surface area contributed by atoms with E-state index in [4.69, 9.17) is 9.47 Å². The molecule has 20 heavy (non-hydrogen) atoms. The summed E-state index contributed by atoms with van der Waals surface area (Å²) >= 11 is 0. The van der Waals surface area contributed by atoms with Gasteiger partial charge in [0.05, 0.1) is 11.5 Å². The summed E-state index contributed by atoms with van der Waals surface area (Å²) in [6.07, 6.45) is 1.40. The van der Waals surface area contributed by atoms with Gasteiger partial charge in [0.2, 0.25) is 0 Å². The van der Waals surface area contributed by atoms with Crippen LogP contribution < -0.4 is 14.8 Å². The fourth-order valence-corrected chi connectivity index (χ4v) is 4.05. The van der Waals surface area contributed by atoms with E-state index in [1.807, 2.05) is 18.2 Å². The molecular weight excluding hydrogens is 278 g/mol. The lowest BCUT2D eigenvalue weighted by molar-refractivity contribution is 0.171. The van der Waals surface area contributed by atoms with Gasteiger partial charge in [-0.25, -0.2) is 8.42 Å². The third-order valence-corrected chi connectivity index (χ3v) is 5.47. The maximum Gasteiger partial charge on any atom is 0.161 e. The van der Waals surface area contributed by atoms with E-state index in [9.17, 15) is 8.42 Å². The van der Waals surface area contributed by atoms with Gasteiger partial charge in [-0.05, 0) is 30.5 Å². The first-order valence-corrected chi connectivity index (χ1v) is 8.77. The van der Waals surface area contributed by atoms with E-state index in [1.54, 1.807) is 0 Å². The van der Waals surface area contributed by atoms with Gasteiger partial charge in [0, 0.05) is 12.6 Å². The van der Waals surface area contributed by atoms with E-state index >= 15 is 0 Å². The smallest absolute Gasteiger partial charge is 0.161 e. The molecule has 0 aliphatic carbocycles. The summed E-state index contributed by atoms with van der Waals surface area (Å²) in [4.78, 5) is 0. The standard InChI is InChI=1S/C14H19NO4S/c16-20(17)7-3-12(4-8-20)15-10-11-1-2-13-14(9-11)19-6-5-18-13/h1-2,9,12,15H,3-8,10H2. The predicted molar refractivity (Wildman–Crippen MR) is 75.9 cm³/mol. The molecule has 0 bridgehead atoms. The molecule has 0 saturated carbocycles. The van der Waals surface area contributed by atoms with E-state index in [2.05, 4.69) is 5.32 Å². The summed E-state index contributed by atoms with van der Waals surface area (Å²) in [6, 6.07) is 6.21. The number of ether oxygens (including phenoxy) is 2. The summed E-state index contributed by atoms with van der Waals surface area (Å²) in [5.74, 6) is 2.18. The van der Waals surface area contributed by atoms with Crippen LogP contribution in [0, 0.1) is 0 Å². The minimum atomic E-state index is -2.79. The van der Waals surface area contributed by atoms with Crippen molar-refractivity contribution in [1.29, 1.82) is 0 Å². The summed E-state index contributed by atoms with van der Waals surface area (Å²) in [6.45, 7) is 1.91. The lowest BCUT2D eigenvalue weighted by Gasteiger charge is -2.23. The number of hydrogen-bond acceptors (Lipinski definition) is 5. The largest absolute Gasteiger partial charge is 0.486 e. The van der Waals surface area contributed by atoms with E-state index in [-0.39, 0.29) is 6.04 Å². The van der Waals surface area contributed by atoms with Crippen molar-refractivity contribution < 1.29 is 17.9 Å². The second-order valence-corrected chi connectivity index (χ2v) is 7.59. The summed E-state index contributed by atoms with van der Waals surface area (Å²) < 4.78 is 33.8. The van der Waals surface area contributed by atoms with Crippen molar-refractivity contribution in [3.8, 4) is 11.5 Å². The van der Waals surface area contributed by atoms with Crippen LogP contribution in [0.4, 0.5) is 0 Å². The number of sulfone groups is 1. The highest BCUT2D eigenvalue weighted by molar-refractivity contribution is 7.91. The van der Waals surface area contributed by atoms with E-state index in [1.165, 1.54) is 0 Å². The molecule has 0 atom stereocenters.